The van der Waals surface area contributed by atoms with E-state index >= 15 is 0 Å². The Bertz CT molecular complexity index is 1070. The van der Waals surface area contributed by atoms with Crippen LogP contribution in [0, 0.1) is 11.8 Å². The lowest BCUT2D eigenvalue weighted by atomic mass is 9.70. The number of aliphatic hydroxyl groups excluding tert-OH is 1. The molecule has 1 spiro atoms. The van der Waals surface area contributed by atoms with Gasteiger partial charge in [0.25, 0.3) is 5.91 Å². The van der Waals surface area contributed by atoms with Crippen molar-refractivity contribution in [3.63, 3.8) is 0 Å². The number of anilines is 1. The van der Waals surface area contributed by atoms with E-state index in [1.165, 1.54) is 0 Å². The molecule has 6 atom stereocenters. The van der Waals surface area contributed by atoms with Gasteiger partial charge in [-0.15, -0.1) is 24.9 Å². The van der Waals surface area contributed by atoms with E-state index in [2.05, 4.69) is 29.1 Å². The molecule has 194 valence electrons. The van der Waals surface area contributed by atoms with Crippen molar-refractivity contribution in [1.82, 2.24) is 9.80 Å². The summed E-state index contributed by atoms with van der Waals surface area (Å²) in [6.45, 7) is 8.28. The number of thioether (sulfide) groups is 1. The third-order valence-corrected chi connectivity index (χ3v) is 10.9. The second-order valence-corrected chi connectivity index (χ2v) is 12.6. The van der Waals surface area contributed by atoms with Crippen molar-refractivity contribution >= 4 is 62.7 Å². The van der Waals surface area contributed by atoms with Crippen LogP contribution in [0.3, 0.4) is 0 Å². The first kappa shape index (κ1) is 27.2. The van der Waals surface area contributed by atoms with Gasteiger partial charge in [0.15, 0.2) is 0 Å². The minimum absolute atomic E-state index is 0.0149. The monoisotopic (exact) mass is 595 g/mol. The molecule has 1 aromatic rings. The number of fused-ring (bicyclic) bond motifs is 1. The SMILES string of the molecule is C=CCN(C)C(=O)[C@H]1[C@@H]2SC3(CC2Br)C(C(=O)N(CC=C)c2ccccc2Cl)N(CCCO)C(=O)[C@H]13. The van der Waals surface area contributed by atoms with Gasteiger partial charge in [-0.25, -0.2) is 0 Å². The summed E-state index contributed by atoms with van der Waals surface area (Å²) >= 11 is 11.8. The van der Waals surface area contributed by atoms with Crippen molar-refractivity contribution in [2.75, 3.05) is 38.2 Å². The van der Waals surface area contributed by atoms with Crippen LogP contribution in [-0.4, -0.2) is 86.8 Å². The Morgan fingerprint density at radius 1 is 1.28 bits per heavy atom. The van der Waals surface area contributed by atoms with E-state index in [4.69, 9.17) is 11.6 Å². The van der Waals surface area contributed by atoms with Gasteiger partial charge >= 0.3 is 0 Å². The van der Waals surface area contributed by atoms with Crippen molar-refractivity contribution in [3.05, 3.63) is 54.6 Å². The number of likely N-dealkylation sites (tertiary alicyclic amines) is 1. The standard InChI is InChI=1S/C26H31BrClN3O4S/c1-4-11-29(3)23(33)19-20-24(34)31(13-8-14-32)22(26(20)15-16(27)21(19)36-26)25(35)30(12-5-2)18-10-7-6-9-17(18)28/h4-7,9-10,16,19-22,32H,1-2,8,11-15H2,3H3/t16?,19-,20+,21-,22?,26?/m1/s1. The largest absolute Gasteiger partial charge is 0.396 e. The van der Waals surface area contributed by atoms with Crippen LogP contribution in [0.1, 0.15) is 12.8 Å². The molecule has 3 heterocycles. The molecule has 3 fully saturated rings. The molecule has 3 saturated heterocycles. The summed E-state index contributed by atoms with van der Waals surface area (Å²) in [7, 11) is 1.71. The van der Waals surface area contributed by atoms with Crippen LogP contribution in [0.15, 0.2) is 49.6 Å². The maximum Gasteiger partial charge on any atom is 0.251 e. The number of carbonyl (C=O) groups excluding carboxylic acids is 3. The third kappa shape index (κ3) is 4.31. The number of nitrogens with zero attached hydrogens (tertiary/aromatic N) is 3. The zero-order valence-electron chi connectivity index (χ0n) is 20.2. The van der Waals surface area contributed by atoms with Crippen molar-refractivity contribution < 1.29 is 19.5 Å². The van der Waals surface area contributed by atoms with Gasteiger partial charge in [-0.3, -0.25) is 14.4 Å². The molecule has 0 aliphatic carbocycles. The average molecular weight is 597 g/mol. The summed E-state index contributed by atoms with van der Waals surface area (Å²) in [4.78, 5) is 46.7. The highest BCUT2D eigenvalue weighted by atomic mass is 79.9. The van der Waals surface area contributed by atoms with E-state index in [0.29, 0.717) is 30.1 Å². The fourth-order valence-corrected chi connectivity index (χ4v) is 9.80. The second-order valence-electron chi connectivity index (χ2n) is 9.47. The normalized spacial score (nSPS) is 30.3. The fourth-order valence-electron chi connectivity index (χ4n) is 5.97. The van der Waals surface area contributed by atoms with Gasteiger partial charge in [-0.1, -0.05) is 51.8 Å². The van der Waals surface area contributed by atoms with Gasteiger partial charge in [-0.2, -0.15) is 0 Å². The van der Waals surface area contributed by atoms with Gasteiger partial charge in [0.2, 0.25) is 11.8 Å². The van der Waals surface area contributed by atoms with Gasteiger partial charge < -0.3 is 19.8 Å². The zero-order valence-corrected chi connectivity index (χ0v) is 23.3. The Labute approximate surface area is 229 Å². The number of para-hydroxylation sites is 1. The molecular weight excluding hydrogens is 566 g/mol. The molecule has 3 aliphatic rings. The van der Waals surface area contributed by atoms with E-state index in [-0.39, 0.29) is 47.5 Å². The van der Waals surface area contributed by atoms with E-state index in [1.807, 2.05) is 6.07 Å². The number of benzene rings is 1. The van der Waals surface area contributed by atoms with E-state index in [1.54, 1.807) is 63.9 Å². The smallest absolute Gasteiger partial charge is 0.251 e. The molecule has 36 heavy (non-hydrogen) atoms. The maximum atomic E-state index is 14.4. The van der Waals surface area contributed by atoms with Crippen LogP contribution < -0.4 is 4.90 Å². The van der Waals surface area contributed by atoms with Gasteiger partial charge in [0.1, 0.15) is 6.04 Å². The maximum absolute atomic E-state index is 14.4. The predicted octanol–water partition coefficient (Wildman–Crippen LogP) is 3.35. The number of rotatable bonds is 10. The van der Waals surface area contributed by atoms with Crippen molar-refractivity contribution in [2.24, 2.45) is 11.8 Å². The Balaban J connectivity index is 1.80. The van der Waals surface area contributed by atoms with Gasteiger partial charge in [0, 0.05) is 43.4 Å². The van der Waals surface area contributed by atoms with Crippen molar-refractivity contribution in [3.8, 4) is 0 Å². The highest BCUT2D eigenvalue weighted by molar-refractivity contribution is 9.09. The first-order chi connectivity index (χ1) is 17.2. The van der Waals surface area contributed by atoms with Crippen LogP contribution in [0.4, 0.5) is 5.69 Å². The third-order valence-electron chi connectivity index (χ3n) is 7.37. The number of hydrogen-bond acceptors (Lipinski definition) is 5. The molecule has 1 N–H and O–H groups in total. The molecule has 3 aliphatic heterocycles. The van der Waals surface area contributed by atoms with Gasteiger partial charge in [0.05, 0.1) is 27.3 Å². The molecule has 0 aromatic heterocycles. The number of halogens is 2. The fraction of sp³-hybridized carbons (Fsp3) is 0.500. The number of alkyl halides is 1. The predicted molar refractivity (Wildman–Crippen MR) is 147 cm³/mol. The summed E-state index contributed by atoms with van der Waals surface area (Å²) in [6, 6.07) is 6.30. The van der Waals surface area contributed by atoms with Crippen molar-refractivity contribution in [2.45, 2.75) is 33.7 Å². The second kappa shape index (κ2) is 10.9. The molecule has 10 heteroatoms. The number of carbonyl (C=O) groups is 3. The highest BCUT2D eigenvalue weighted by Crippen LogP contribution is 2.68. The molecular formula is C26H31BrClN3O4S. The van der Waals surface area contributed by atoms with Crippen LogP contribution in [0.2, 0.25) is 5.02 Å². The summed E-state index contributed by atoms with van der Waals surface area (Å²) in [5.74, 6) is -1.73. The summed E-state index contributed by atoms with van der Waals surface area (Å²) in [5.41, 5.74) is 0.546. The minimum atomic E-state index is -0.796. The summed E-state index contributed by atoms with van der Waals surface area (Å²) in [6.07, 6.45) is 4.22. The molecule has 4 rings (SSSR count). The molecule has 1 aromatic carbocycles. The first-order valence-electron chi connectivity index (χ1n) is 12.0. The van der Waals surface area contributed by atoms with Gasteiger partial charge in [-0.05, 0) is 25.0 Å². The Morgan fingerprint density at radius 2 is 1.97 bits per heavy atom. The van der Waals surface area contributed by atoms with Crippen LogP contribution >= 0.6 is 39.3 Å². The topological polar surface area (TPSA) is 81.2 Å². The van der Waals surface area contributed by atoms with Crippen LogP contribution in [0.25, 0.3) is 0 Å². The van der Waals surface area contributed by atoms with E-state index in [9.17, 15) is 19.5 Å². The van der Waals surface area contributed by atoms with E-state index < -0.39 is 22.6 Å². The molecule has 0 saturated carbocycles. The van der Waals surface area contributed by atoms with Crippen molar-refractivity contribution in [1.29, 1.82) is 0 Å². The number of hydrogen-bond donors (Lipinski definition) is 1. The quantitative estimate of drug-likeness (QED) is 0.331. The highest BCUT2D eigenvalue weighted by Gasteiger charge is 2.75. The first-order valence-corrected chi connectivity index (χ1v) is 14.2. The minimum Gasteiger partial charge on any atom is -0.396 e. The van der Waals surface area contributed by atoms with Crippen LogP contribution in [-0.2, 0) is 14.4 Å². The number of aliphatic hydroxyl groups is 1. The zero-order chi connectivity index (χ0) is 26.2. The molecule has 3 amide bonds. The van der Waals surface area contributed by atoms with E-state index in [0.717, 1.165) is 0 Å². The lowest BCUT2D eigenvalue weighted by Gasteiger charge is -2.38. The lowest BCUT2D eigenvalue weighted by Crippen LogP contribution is -2.56. The Hall–Kier alpha value is -1.81. The summed E-state index contributed by atoms with van der Waals surface area (Å²) in [5, 5.41) is 9.85. The van der Waals surface area contributed by atoms with Crippen LogP contribution in [0.5, 0.6) is 0 Å². The number of likely N-dealkylation sites (N-methyl/N-ethyl adjacent to an activating group) is 1. The summed E-state index contributed by atoms with van der Waals surface area (Å²) < 4.78 is -0.765. The molecule has 3 unspecified atom stereocenters. The number of amides is 3. The Kier molecular flexibility index (Phi) is 8.24. The molecule has 0 radical (unpaired) electrons. The Morgan fingerprint density at radius 3 is 2.61 bits per heavy atom. The average Bonchev–Trinajstić information content (AvgIpc) is 3.44. The molecule has 2 bridgehead atoms. The lowest BCUT2D eigenvalue weighted by molar-refractivity contribution is -0.143. The molecule has 7 nitrogen and oxygen atoms in total.